The highest BCUT2D eigenvalue weighted by atomic mass is 16.6. The number of hydrogen-bond donors (Lipinski definition) is 2. The third-order valence-electron chi connectivity index (χ3n) is 30.4. The van der Waals surface area contributed by atoms with Crippen LogP contribution in [0.1, 0.15) is 447 Å². The third kappa shape index (κ3) is 26.2. The van der Waals surface area contributed by atoms with Gasteiger partial charge in [0.2, 0.25) is 0 Å². The van der Waals surface area contributed by atoms with Crippen LogP contribution in [0.5, 0.6) is 0 Å². The summed E-state index contributed by atoms with van der Waals surface area (Å²) in [4.78, 5) is 97.0. The Hall–Kier alpha value is -4.32. The van der Waals surface area contributed by atoms with E-state index in [1.807, 2.05) is 138 Å². The molecule has 14 atom stereocenters. The SMILES string of the molecule is C.C.C.C.C.C.C.C.C.C.C.C.CCC(C)(C)C(=O)OC(C)(C)C1C2CC3OC(=O)C1C3C2.CCC(C)(C)C(=O)OC12CC3CC(CC(O)(C3)C1)C2.CCC(C)(C)C(=O)OC12CC3CC(CC(O)(C3)C1)C2.CCC(C)(C)C(=O)OC1C2CC3C(=O)OC1C3C2.CCC1(OC(=O)C(C)(C)CC)CCCC1.CCC1(OC(=O)C(C)(C)CC)CCCC1. The van der Waals surface area contributed by atoms with Gasteiger partial charge in [0.1, 0.15) is 46.3 Å². The van der Waals surface area contributed by atoms with Gasteiger partial charge in [0.25, 0.3) is 0 Å². The van der Waals surface area contributed by atoms with Crippen molar-refractivity contribution in [2.24, 2.45) is 97.6 Å². The van der Waals surface area contributed by atoms with Gasteiger partial charge in [-0.3, -0.25) is 38.4 Å². The maximum atomic E-state index is 12.4. The van der Waals surface area contributed by atoms with Crippen LogP contribution in [-0.2, 0) is 76.3 Å². The fraction of sp³-hybridized carbons (Fsp3) is 0.921. The molecule has 0 aromatic rings. The van der Waals surface area contributed by atoms with Crippen molar-refractivity contribution in [3.8, 4) is 0 Å². The van der Waals surface area contributed by atoms with Crippen LogP contribution in [0.4, 0.5) is 0 Å². The van der Waals surface area contributed by atoms with Crippen LogP contribution in [0.25, 0.3) is 0 Å². The maximum absolute atomic E-state index is 12.4. The van der Waals surface area contributed by atoms with Gasteiger partial charge in [0.15, 0.2) is 0 Å². The summed E-state index contributed by atoms with van der Waals surface area (Å²) in [6, 6.07) is 0. The average Bonchev–Trinajstić information content (AvgIpc) is 1.56. The zero-order valence-electron chi connectivity index (χ0n) is 70.6. The zero-order valence-corrected chi connectivity index (χ0v) is 70.6. The molecule has 2 aliphatic heterocycles. The molecule has 0 spiro atoms. The predicted octanol–water partition coefficient (Wildman–Crippen LogP) is 26.0. The molecule has 16 aliphatic rings. The molecule has 119 heavy (non-hydrogen) atoms. The first-order chi connectivity index (χ1) is 49.5. The van der Waals surface area contributed by atoms with Crippen molar-refractivity contribution < 1.29 is 86.5 Å². The Bertz CT molecular complexity index is 3040. The fourth-order valence-electron chi connectivity index (χ4n) is 21.6. The molecule has 2 heterocycles. The second-order valence-corrected chi connectivity index (χ2v) is 41.4. The Morgan fingerprint density at radius 1 is 0.378 bits per heavy atom. The van der Waals surface area contributed by atoms with E-state index < -0.39 is 38.5 Å². The summed E-state index contributed by atoms with van der Waals surface area (Å²) in [5.41, 5.74) is -5.12. The van der Waals surface area contributed by atoms with Crippen molar-refractivity contribution in [3.05, 3.63) is 0 Å². The number of aliphatic hydroxyl groups is 2. The Balaban J connectivity index is -0.000000656. The monoisotopic (exact) mass is 1700 g/mol. The van der Waals surface area contributed by atoms with E-state index in [4.69, 9.17) is 37.9 Å². The topological polar surface area (TPSA) is 251 Å². The van der Waals surface area contributed by atoms with Crippen LogP contribution in [0, 0.1) is 97.6 Å². The van der Waals surface area contributed by atoms with E-state index in [2.05, 4.69) is 13.8 Å². The van der Waals surface area contributed by atoms with Gasteiger partial charge < -0.3 is 48.1 Å². The zero-order chi connectivity index (χ0) is 79.5. The first-order valence-electron chi connectivity index (χ1n) is 42.8. The van der Waals surface area contributed by atoms with Gasteiger partial charge in [-0.2, -0.15) is 0 Å². The summed E-state index contributed by atoms with van der Waals surface area (Å²) in [5, 5.41) is 21.3. The van der Waals surface area contributed by atoms with Crippen LogP contribution < -0.4 is 0 Å². The van der Waals surface area contributed by atoms with Gasteiger partial charge in [-0.15, -0.1) is 0 Å². The molecule has 18 nitrogen and oxygen atoms in total. The number of ether oxygens (including phenoxy) is 8. The van der Waals surface area contributed by atoms with Gasteiger partial charge in [-0.05, 0) is 319 Å². The Morgan fingerprint density at radius 2 is 0.697 bits per heavy atom. The molecule has 0 amide bonds. The first-order valence-corrected chi connectivity index (χ1v) is 42.8. The lowest BCUT2D eigenvalue weighted by atomic mass is 9.52. The van der Waals surface area contributed by atoms with E-state index in [1.54, 1.807) is 0 Å². The van der Waals surface area contributed by atoms with Crippen LogP contribution in [0.2, 0.25) is 0 Å². The Labute approximate surface area is 732 Å². The molecule has 2 N–H and O–H groups in total. The molecule has 0 aromatic carbocycles. The quantitative estimate of drug-likeness (QED) is 0.0800. The largest absolute Gasteiger partial charge is 0.462 e. The van der Waals surface area contributed by atoms with Gasteiger partial charge >= 0.3 is 47.8 Å². The van der Waals surface area contributed by atoms with E-state index in [0.29, 0.717) is 60.2 Å². The van der Waals surface area contributed by atoms with Crippen molar-refractivity contribution in [1.82, 2.24) is 0 Å². The molecular weight excluding hydrogens is 1500 g/mol. The molecule has 0 aromatic heterocycles. The highest BCUT2D eigenvalue weighted by Gasteiger charge is 2.68. The van der Waals surface area contributed by atoms with Crippen molar-refractivity contribution >= 4 is 47.8 Å². The molecular formula is C101H194O18. The first kappa shape index (κ1) is 121. The van der Waals surface area contributed by atoms with E-state index in [0.717, 1.165) is 154 Å². The van der Waals surface area contributed by atoms with E-state index >= 15 is 0 Å². The number of hydrogen-bond acceptors (Lipinski definition) is 18. The maximum Gasteiger partial charge on any atom is 0.312 e. The van der Waals surface area contributed by atoms with Crippen molar-refractivity contribution in [2.75, 3.05) is 0 Å². The number of esters is 8. The number of rotatable bonds is 21. The minimum Gasteiger partial charge on any atom is -0.462 e. The lowest BCUT2D eigenvalue weighted by Crippen LogP contribution is -2.61. The summed E-state index contributed by atoms with van der Waals surface area (Å²) in [7, 11) is 0. The second-order valence-electron chi connectivity index (χ2n) is 41.4. The smallest absolute Gasteiger partial charge is 0.312 e. The minimum absolute atomic E-state index is 0. The van der Waals surface area contributed by atoms with Crippen molar-refractivity contribution in [3.63, 3.8) is 0 Å². The normalized spacial score (nSPS) is 32.2. The summed E-state index contributed by atoms with van der Waals surface area (Å²) < 4.78 is 45.9. The Kier molecular flexibility index (Phi) is 45.5. The Morgan fingerprint density at radius 3 is 1.03 bits per heavy atom. The molecule has 706 valence electrons. The lowest BCUT2D eigenvalue weighted by molar-refractivity contribution is -0.226. The summed E-state index contributed by atoms with van der Waals surface area (Å²) in [5.74, 6) is 3.08. The summed E-state index contributed by atoms with van der Waals surface area (Å²) >= 11 is 0. The van der Waals surface area contributed by atoms with E-state index in [1.165, 1.54) is 38.5 Å². The highest BCUT2D eigenvalue weighted by molar-refractivity contribution is 5.81. The predicted molar refractivity (Wildman–Crippen MR) is 490 cm³/mol. The molecule has 18 heteroatoms. The standard InChI is InChI=1S/C17H26O4.2C16H26O3.C14H20O4.2C13H24O2.12CH4/c1-6-16(2,3)15(19)21-17(4,5)13-9-7-10-11(8-9)20-14(18)12(10)13;2*1-4-14(2,3)13(17)19-16-8-11-5-12(9-16)7-15(18,6-11)10-16;1-4-14(2,3)13(16)18-10-7-5-8-9(6-7)12(15)17-11(8)10;2*1-5-12(3,4)11(14)15-13(6-2)9-7-8-10-13;;;;;;;;;;;;/h9-13H,6-8H2,1-5H3;2*11-12,18H,4-10H2,1-3H3;7-11H,4-6H2,1-3H3;2*5-10H2,1-4H3;12*1H4. The molecule has 16 rings (SSSR count). The highest BCUT2D eigenvalue weighted by Crippen LogP contribution is 2.64. The van der Waals surface area contributed by atoms with Crippen LogP contribution in [-0.4, -0.2) is 115 Å². The number of carbonyl (C=O) groups is 8. The molecule has 16 fully saturated rings. The lowest BCUT2D eigenvalue weighted by Gasteiger charge is -2.59. The van der Waals surface area contributed by atoms with Crippen LogP contribution >= 0.6 is 0 Å². The molecule has 14 saturated carbocycles. The van der Waals surface area contributed by atoms with E-state index in [9.17, 15) is 48.6 Å². The van der Waals surface area contributed by atoms with Gasteiger partial charge in [0, 0.05) is 36.5 Å². The summed E-state index contributed by atoms with van der Waals surface area (Å²) in [6.07, 6.45) is 30.6. The minimum atomic E-state index is -0.609. The molecule has 12 bridgehead atoms. The fourth-order valence-corrected chi connectivity index (χ4v) is 21.6. The molecule has 14 aliphatic carbocycles. The molecule has 14 unspecified atom stereocenters. The number of fused-ring (bicyclic) bond motifs is 2. The molecule has 0 radical (unpaired) electrons. The van der Waals surface area contributed by atoms with Gasteiger partial charge in [-0.25, -0.2) is 0 Å². The second kappa shape index (κ2) is 44.7. The molecule has 2 saturated heterocycles. The number of carbonyl (C=O) groups excluding carboxylic acids is 8. The summed E-state index contributed by atoms with van der Waals surface area (Å²) in [6.45, 7) is 43.5. The van der Waals surface area contributed by atoms with Crippen molar-refractivity contribution in [2.45, 2.75) is 504 Å². The van der Waals surface area contributed by atoms with Crippen molar-refractivity contribution in [1.29, 1.82) is 0 Å². The van der Waals surface area contributed by atoms with Crippen LogP contribution in [0.3, 0.4) is 0 Å². The van der Waals surface area contributed by atoms with Gasteiger partial charge in [-0.1, -0.05) is 145 Å². The average molecular weight is 1700 g/mol. The van der Waals surface area contributed by atoms with Crippen LogP contribution in [0.15, 0.2) is 0 Å². The van der Waals surface area contributed by atoms with E-state index in [-0.39, 0.29) is 206 Å². The van der Waals surface area contributed by atoms with Gasteiger partial charge in [0.05, 0.1) is 55.5 Å². The third-order valence-corrected chi connectivity index (χ3v) is 30.4.